The number of carbonyl (C=O) groups excluding carboxylic acids is 1. The lowest BCUT2D eigenvalue weighted by atomic mass is 9.97. The van der Waals surface area contributed by atoms with Crippen LogP contribution in [0, 0.1) is 11.7 Å². The van der Waals surface area contributed by atoms with Gasteiger partial charge in [0, 0.05) is 24.6 Å². The molecule has 8 nitrogen and oxygen atoms in total. The van der Waals surface area contributed by atoms with Crippen LogP contribution < -0.4 is 5.32 Å². The van der Waals surface area contributed by atoms with E-state index in [9.17, 15) is 30.8 Å². The second-order valence-corrected chi connectivity index (χ2v) is 9.55. The molecule has 0 saturated carbocycles. The van der Waals surface area contributed by atoms with Gasteiger partial charge in [-0.05, 0) is 61.4 Å². The third-order valence-electron chi connectivity index (χ3n) is 5.39. The van der Waals surface area contributed by atoms with E-state index in [-0.39, 0.29) is 48.3 Å². The first kappa shape index (κ1) is 23.8. The highest BCUT2D eigenvalue weighted by atomic mass is 32.2. The normalized spacial score (nSPS) is 15.9. The Labute approximate surface area is 191 Å². The maximum Gasteiger partial charge on any atom is 0.416 e. The number of hydrogen-bond donors (Lipinski definition) is 1. The minimum atomic E-state index is -4.47. The van der Waals surface area contributed by atoms with Crippen LogP contribution in [0.1, 0.15) is 18.4 Å². The number of anilines is 1. The summed E-state index contributed by atoms with van der Waals surface area (Å²) in [7, 11) is -3.80. The SMILES string of the molecule is O=C(Nc1nnc(-c2ccc(C(F)(F)F)cc2)o1)C1CCN(S(=O)(=O)c2ccc(F)cc2)CC1. The molecule has 1 N–H and O–H groups in total. The number of aromatic nitrogens is 2. The molecule has 1 amide bonds. The molecule has 0 bridgehead atoms. The highest BCUT2D eigenvalue weighted by molar-refractivity contribution is 7.89. The van der Waals surface area contributed by atoms with Gasteiger partial charge in [0.05, 0.1) is 10.5 Å². The Balaban J connectivity index is 1.35. The smallest absolute Gasteiger partial charge is 0.403 e. The number of carbonyl (C=O) groups is 1. The van der Waals surface area contributed by atoms with Crippen molar-refractivity contribution in [2.75, 3.05) is 18.4 Å². The predicted octanol–water partition coefficient (Wildman–Crippen LogP) is 3.93. The molecule has 1 aliphatic rings. The van der Waals surface area contributed by atoms with E-state index >= 15 is 0 Å². The van der Waals surface area contributed by atoms with E-state index in [2.05, 4.69) is 15.5 Å². The van der Waals surface area contributed by atoms with Crippen molar-refractivity contribution in [1.29, 1.82) is 0 Å². The van der Waals surface area contributed by atoms with Gasteiger partial charge in [-0.3, -0.25) is 10.1 Å². The van der Waals surface area contributed by atoms with E-state index in [0.29, 0.717) is 0 Å². The van der Waals surface area contributed by atoms with E-state index in [1.54, 1.807) is 0 Å². The summed E-state index contributed by atoms with van der Waals surface area (Å²) in [5.74, 6) is -1.57. The van der Waals surface area contributed by atoms with Gasteiger partial charge in [0.25, 0.3) is 0 Å². The number of nitrogens with one attached hydrogen (secondary N) is 1. The fraction of sp³-hybridized carbons (Fsp3) is 0.286. The van der Waals surface area contributed by atoms with Crippen LogP contribution in [-0.4, -0.2) is 41.9 Å². The molecule has 0 radical (unpaired) electrons. The number of benzene rings is 2. The lowest BCUT2D eigenvalue weighted by Crippen LogP contribution is -2.41. The van der Waals surface area contributed by atoms with Gasteiger partial charge >= 0.3 is 12.2 Å². The Morgan fingerprint density at radius 3 is 2.21 bits per heavy atom. The standard InChI is InChI=1S/C21H18F4N4O4S/c22-16-5-7-17(8-6-16)34(31,32)29-11-9-13(10-12-29)18(30)26-20-28-27-19(33-20)14-1-3-15(4-2-14)21(23,24)25/h1-8,13H,9-12H2,(H,26,28,30). The molecule has 1 aliphatic heterocycles. The average Bonchev–Trinajstić information content (AvgIpc) is 3.27. The topological polar surface area (TPSA) is 105 Å². The van der Waals surface area contributed by atoms with Crippen molar-refractivity contribution in [1.82, 2.24) is 14.5 Å². The summed E-state index contributed by atoms with van der Waals surface area (Å²) in [5, 5.41) is 9.89. The summed E-state index contributed by atoms with van der Waals surface area (Å²) in [6.07, 6.45) is -3.99. The summed E-state index contributed by atoms with van der Waals surface area (Å²) in [5.41, 5.74) is -0.572. The number of alkyl halides is 3. The van der Waals surface area contributed by atoms with E-state index in [0.717, 1.165) is 24.3 Å². The average molecular weight is 498 g/mol. The number of nitrogens with zero attached hydrogens (tertiary/aromatic N) is 3. The molecular weight excluding hydrogens is 480 g/mol. The largest absolute Gasteiger partial charge is 0.416 e. The highest BCUT2D eigenvalue weighted by Crippen LogP contribution is 2.31. The summed E-state index contributed by atoms with van der Waals surface area (Å²) in [6.45, 7) is 0.191. The van der Waals surface area contributed by atoms with Crippen LogP contribution in [0.25, 0.3) is 11.5 Å². The van der Waals surface area contributed by atoms with Crippen LogP contribution in [0.15, 0.2) is 57.8 Å². The van der Waals surface area contributed by atoms with E-state index in [1.807, 2.05) is 0 Å². The summed E-state index contributed by atoms with van der Waals surface area (Å²) >= 11 is 0. The third kappa shape index (κ3) is 5.09. The van der Waals surface area contributed by atoms with E-state index in [4.69, 9.17) is 4.42 Å². The summed E-state index contributed by atoms with van der Waals surface area (Å²) < 4.78 is 83.1. The molecule has 0 spiro atoms. The molecule has 1 fully saturated rings. The molecule has 1 saturated heterocycles. The molecule has 0 aliphatic carbocycles. The van der Waals surface area contributed by atoms with Crippen LogP contribution in [-0.2, 0) is 21.0 Å². The predicted molar refractivity (Wildman–Crippen MR) is 111 cm³/mol. The number of amides is 1. The molecule has 13 heteroatoms. The third-order valence-corrected chi connectivity index (χ3v) is 7.30. The van der Waals surface area contributed by atoms with Crippen LogP contribution in [0.3, 0.4) is 0 Å². The fourth-order valence-electron chi connectivity index (χ4n) is 3.51. The van der Waals surface area contributed by atoms with Crippen molar-refractivity contribution >= 4 is 21.9 Å². The molecule has 0 unspecified atom stereocenters. The Morgan fingerprint density at radius 2 is 1.62 bits per heavy atom. The Hall–Kier alpha value is -3.32. The maximum absolute atomic E-state index is 13.1. The lowest BCUT2D eigenvalue weighted by Gasteiger charge is -2.30. The van der Waals surface area contributed by atoms with Gasteiger partial charge in [0.2, 0.25) is 21.8 Å². The zero-order chi connectivity index (χ0) is 24.5. The van der Waals surface area contributed by atoms with Crippen LogP contribution in [0.5, 0.6) is 0 Å². The Kier molecular flexibility index (Phi) is 6.41. The molecule has 180 valence electrons. The Morgan fingerprint density at radius 1 is 1.00 bits per heavy atom. The fourth-order valence-corrected chi connectivity index (χ4v) is 4.98. The van der Waals surface area contributed by atoms with E-state index < -0.39 is 39.4 Å². The van der Waals surface area contributed by atoms with Gasteiger partial charge in [-0.15, -0.1) is 5.10 Å². The number of piperidine rings is 1. The minimum Gasteiger partial charge on any atom is -0.403 e. The van der Waals surface area contributed by atoms with Crippen molar-refractivity contribution < 1.29 is 35.2 Å². The number of sulfonamides is 1. The summed E-state index contributed by atoms with van der Waals surface area (Å²) in [4.78, 5) is 12.5. The number of rotatable bonds is 5. The molecule has 1 aromatic heterocycles. The number of halogens is 4. The molecule has 3 aromatic rings. The van der Waals surface area contributed by atoms with Gasteiger partial charge in [-0.25, -0.2) is 12.8 Å². The van der Waals surface area contributed by atoms with Crippen molar-refractivity contribution in [3.05, 3.63) is 59.9 Å². The van der Waals surface area contributed by atoms with Crippen LogP contribution in [0.4, 0.5) is 23.6 Å². The zero-order valence-electron chi connectivity index (χ0n) is 17.4. The second kappa shape index (κ2) is 9.14. The number of hydrogen-bond acceptors (Lipinski definition) is 6. The summed E-state index contributed by atoms with van der Waals surface area (Å²) in [6, 6.07) is 8.41. The zero-order valence-corrected chi connectivity index (χ0v) is 18.2. The first-order chi connectivity index (χ1) is 16.0. The van der Waals surface area contributed by atoms with Crippen molar-refractivity contribution in [2.24, 2.45) is 5.92 Å². The quantitative estimate of drug-likeness (QED) is 0.535. The Bertz CT molecular complexity index is 1270. The van der Waals surface area contributed by atoms with Crippen molar-refractivity contribution in [3.8, 4) is 11.5 Å². The minimum absolute atomic E-state index is 0.0292. The molecule has 0 atom stereocenters. The first-order valence-corrected chi connectivity index (χ1v) is 11.6. The van der Waals surface area contributed by atoms with Crippen LogP contribution >= 0.6 is 0 Å². The molecular formula is C21H18F4N4O4S. The van der Waals surface area contributed by atoms with Gasteiger partial charge in [0.1, 0.15) is 5.82 Å². The highest BCUT2D eigenvalue weighted by Gasteiger charge is 2.33. The van der Waals surface area contributed by atoms with Crippen molar-refractivity contribution in [3.63, 3.8) is 0 Å². The molecule has 2 aromatic carbocycles. The first-order valence-electron chi connectivity index (χ1n) is 10.1. The van der Waals surface area contributed by atoms with Crippen LogP contribution in [0.2, 0.25) is 0 Å². The van der Waals surface area contributed by atoms with Gasteiger partial charge in [-0.2, -0.15) is 17.5 Å². The second-order valence-electron chi connectivity index (χ2n) is 7.61. The molecule has 2 heterocycles. The molecule has 4 rings (SSSR count). The van der Waals surface area contributed by atoms with Gasteiger partial charge in [-0.1, -0.05) is 5.10 Å². The van der Waals surface area contributed by atoms with Gasteiger partial charge in [0.15, 0.2) is 0 Å². The van der Waals surface area contributed by atoms with E-state index in [1.165, 1.54) is 28.6 Å². The maximum atomic E-state index is 13.1. The monoisotopic (exact) mass is 498 g/mol. The lowest BCUT2D eigenvalue weighted by molar-refractivity contribution is -0.137. The van der Waals surface area contributed by atoms with Gasteiger partial charge < -0.3 is 4.42 Å². The van der Waals surface area contributed by atoms with Crippen molar-refractivity contribution in [2.45, 2.75) is 23.9 Å². The molecule has 34 heavy (non-hydrogen) atoms.